The highest BCUT2D eigenvalue weighted by molar-refractivity contribution is 6.33. The molecule has 24 heavy (non-hydrogen) atoms. The predicted molar refractivity (Wildman–Crippen MR) is 92.6 cm³/mol. The highest BCUT2D eigenvalue weighted by Crippen LogP contribution is 2.18. The lowest BCUT2D eigenvalue weighted by molar-refractivity contribution is -0.123. The zero-order chi connectivity index (χ0) is 17.5. The van der Waals surface area contributed by atoms with Crippen LogP contribution in [0, 0.1) is 0 Å². The fraction of sp³-hybridized carbons (Fsp3) is 0.222. The molecule has 1 amide bonds. The second-order valence-corrected chi connectivity index (χ2v) is 5.38. The molecule has 0 spiro atoms. The largest absolute Gasteiger partial charge is 0.494 e. The Kier molecular flexibility index (Phi) is 6.21. The quantitative estimate of drug-likeness (QED) is 0.804. The molecule has 126 valence electrons. The first-order valence-electron chi connectivity index (χ1n) is 7.50. The van der Waals surface area contributed by atoms with Crippen molar-refractivity contribution < 1.29 is 19.1 Å². The Hall–Kier alpha value is -2.53. The summed E-state index contributed by atoms with van der Waals surface area (Å²) in [6.07, 6.45) is -0.958. The molecular formula is C18H18ClNO4. The Morgan fingerprint density at radius 2 is 1.79 bits per heavy atom. The molecule has 1 unspecified atom stereocenters. The first kappa shape index (κ1) is 17.8. The molecule has 0 aromatic heterocycles. The van der Waals surface area contributed by atoms with Crippen LogP contribution in [-0.4, -0.2) is 24.6 Å². The van der Waals surface area contributed by atoms with Crippen molar-refractivity contribution in [1.82, 2.24) is 0 Å². The highest BCUT2D eigenvalue weighted by Gasteiger charge is 2.20. The van der Waals surface area contributed by atoms with Gasteiger partial charge in [0.25, 0.3) is 5.91 Å². The van der Waals surface area contributed by atoms with E-state index in [1.807, 2.05) is 6.92 Å². The van der Waals surface area contributed by atoms with Crippen molar-refractivity contribution in [3.63, 3.8) is 0 Å². The molecule has 1 N–H and O–H groups in total. The number of carbonyl (C=O) groups is 2. The van der Waals surface area contributed by atoms with Gasteiger partial charge in [-0.25, -0.2) is 4.79 Å². The third-order valence-corrected chi connectivity index (χ3v) is 3.51. The van der Waals surface area contributed by atoms with E-state index in [-0.39, 0.29) is 10.6 Å². The average molecular weight is 348 g/mol. The summed E-state index contributed by atoms with van der Waals surface area (Å²) in [4.78, 5) is 24.2. The van der Waals surface area contributed by atoms with Gasteiger partial charge in [0.15, 0.2) is 6.10 Å². The van der Waals surface area contributed by atoms with E-state index in [2.05, 4.69) is 5.32 Å². The first-order valence-corrected chi connectivity index (χ1v) is 7.88. The van der Waals surface area contributed by atoms with Gasteiger partial charge in [-0.1, -0.05) is 23.7 Å². The summed E-state index contributed by atoms with van der Waals surface area (Å²) in [6, 6.07) is 13.4. The lowest BCUT2D eigenvalue weighted by atomic mass is 10.2. The van der Waals surface area contributed by atoms with Crippen LogP contribution in [0.5, 0.6) is 5.75 Å². The van der Waals surface area contributed by atoms with Crippen LogP contribution < -0.4 is 10.1 Å². The molecule has 5 nitrogen and oxygen atoms in total. The summed E-state index contributed by atoms with van der Waals surface area (Å²) in [6.45, 7) is 3.96. The Bertz CT molecular complexity index is 715. The van der Waals surface area contributed by atoms with Crippen LogP contribution in [-0.2, 0) is 9.53 Å². The van der Waals surface area contributed by atoms with Crippen molar-refractivity contribution in [2.45, 2.75) is 20.0 Å². The molecule has 0 aliphatic rings. The number of anilines is 1. The van der Waals surface area contributed by atoms with E-state index in [0.29, 0.717) is 18.0 Å². The van der Waals surface area contributed by atoms with E-state index < -0.39 is 18.0 Å². The fourth-order valence-corrected chi connectivity index (χ4v) is 2.16. The Balaban J connectivity index is 1.94. The van der Waals surface area contributed by atoms with Crippen LogP contribution in [0.1, 0.15) is 24.2 Å². The molecule has 0 heterocycles. The number of esters is 1. The molecule has 0 bridgehead atoms. The minimum atomic E-state index is -0.958. The smallest absolute Gasteiger partial charge is 0.340 e. The van der Waals surface area contributed by atoms with E-state index >= 15 is 0 Å². The third kappa shape index (κ3) is 4.73. The number of halogens is 1. The van der Waals surface area contributed by atoms with Crippen molar-refractivity contribution in [1.29, 1.82) is 0 Å². The molecular weight excluding hydrogens is 330 g/mol. The summed E-state index contributed by atoms with van der Waals surface area (Å²) in [5, 5.41) is 2.96. The van der Waals surface area contributed by atoms with Crippen LogP contribution in [0.15, 0.2) is 48.5 Å². The van der Waals surface area contributed by atoms with Crippen molar-refractivity contribution in [2.75, 3.05) is 11.9 Å². The normalized spacial score (nSPS) is 11.5. The number of rotatable bonds is 6. The van der Waals surface area contributed by atoms with Gasteiger partial charge in [0.05, 0.1) is 17.2 Å². The number of benzene rings is 2. The molecule has 0 aliphatic heterocycles. The van der Waals surface area contributed by atoms with Crippen molar-refractivity contribution >= 4 is 29.2 Å². The van der Waals surface area contributed by atoms with Gasteiger partial charge in [-0.3, -0.25) is 4.79 Å². The van der Waals surface area contributed by atoms with Gasteiger partial charge in [-0.05, 0) is 50.2 Å². The van der Waals surface area contributed by atoms with E-state index in [0.717, 1.165) is 0 Å². The number of amides is 1. The van der Waals surface area contributed by atoms with Crippen molar-refractivity contribution in [3.05, 3.63) is 59.1 Å². The van der Waals surface area contributed by atoms with Gasteiger partial charge in [0.2, 0.25) is 0 Å². The summed E-state index contributed by atoms with van der Waals surface area (Å²) in [7, 11) is 0. The standard InChI is InChI=1S/C18H18ClNO4/c1-3-23-14-10-8-13(9-11-14)20-17(21)12(2)24-18(22)15-6-4-5-7-16(15)19/h4-12H,3H2,1-2H3,(H,20,21). The zero-order valence-electron chi connectivity index (χ0n) is 13.4. The van der Waals surface area contributed by atoms with E-state index in [1.165, 1.54) is 6.92 Å². The monoisotopic (exact) mass is 347 g/mol. The first-order chi connectivity index (χ1) is 11.5. The minimum absolute atomic E-state index is 0.222. The Morgan fingerprint density at radius 1 is 1.12 bits per heavy atom. The zero-order valence-corrected chi connectivity index (χ0v) is 14.2. The summed E-state index contributed by atoms with van der Waals surface area (Å²) >= 11 is 5.94. The maximum atomic E-state index is 12.1. The number of ether oxygens (including phenoxy) is 2. The SMILES string of the molecule is CCOc1ccc(NC(=O)C(C)OC(=O)c2ccccc2Cl)cc1. The van der Waals surface area contributed by atoms with Crippen molar-refractivity contribution in [2.24, 2.45) is 0 Å². The van der Waals surface area contributed by atoms with Gasteiger partial charge in [-0.15, -0.1) is 0 Å². The maximum Gasteiger partial charge on any atom is 0.340 e. The molecule has 0 aliphatic carbocycles. The molecule has 2 aromatic rings. The average Bonchev–Trinajstić information content (AvgIpc) is 2.57. The van der Waals surface area contributed by atoms with E-state index in [1.54, 1.807) is 48.5 Å². The fourth-order valence-electron chi connectivity index (χ4n) is 1.95. The van der Waals surface area contributed by atoms with Crippen LogP contribution in [0.2, 0.25) is 5.02 Å². The van der Waals surface area contributed by atoms with Gasteiger partial charge in [0, 0.05) is 5.69 Å². The molecule has 0 saturated heterocycles. The predicted octanol–water partition coefficient (Wildman–Crippen LogP) is 3.92. The van der Waals surface area contributed by atoms with Gasteiger partial charge in [-0.2, -0.15) is 0 Å². The maximum absolute atomic E-state index is 12.1. The van der Waals surface area contributed by atoms with E-state index in [4.69, 9.17) is 21.1 Å². The lowest BCUT2D eigenvalue weighted by Gasteiger charge is -2.14. The highest BCUT2D eigenvalue weighted by atomic mass is 35.5. The van der Waals surface area contributed by atoms with Gasteiger partial charge in [0.1, 0.15) is 5.75 Å². The molecule has 1 atom stereocenters. The number of hydrogen-bond donors (Lipinski definition) is 1. The molecule has 2 aromatic carbocycles. The topological polar surface area (TPSA) is 64.6 Å². The van der Waals surface area contributed by atoms with Gasteiger partial charge >= 0.3 is 5.97 Å². The molecule has 0 radical (unpaired) electrons. The Morgan fingerprint density at radius 3 is 2.42 bits per heavy atom. The Labute approximate surface area is 145 Å². The van der Waals surface area contributed by atoms with Crippen LogP contribution in [0.25, 0.3) is 0 Å². The second-order valence-electron chi connectivity index (χ2n) is 4.97. The van der Waals surface area contributed by atoms with Crippen molar-refractivity contribution in [3.8, 4) is 5.75 Å². The molecule has 0 fully saturated rings. The summed E-state index contributed by atoms with van der Waals surface area (Å²) in [5.74, 6) is -0.358. The number of carbonyl (C=O) groups excluding carboxylic acids is 2. The lowest BCUT2D eigenvalue weighted by Crippen LogP contribution is -2.30. The third-order valence-electron chi connectivity index (χ3n) is 3.18. The molecule has 2 rings (SSSR count). The minimum Gasteiger partial charge on any atom is -0.494 e. The van der Waals surface area contributed by atoms with Crippen LogP contribution in [0.3, 0.4) is 0 Å². The molecule has 0 saturated carbocycles. The molecule has 6 heteroatoms. The second kappa shape index (κ2) is 8.36. The van der Waals surface area contributed by atoms with Crippen LogP contribution >= 0.6 is 11.6 Å². The van der Waals surface area contributed by atoms with Crippen LogP contribution in [0.4, 0.5) is 5.69 Å². The summed E-state index contributed by atoms with van der Waals surface area (Å²) < 4.78 is 10.5. The number of nitrogens with one attached hydrogen (secondary N) is 1. The van der Waals surface area contributed by atoms with E-state index in [9.17, 15) is 9.59 Å². The summed E-state index contributed by atoms with van der Waals surface area (Å²) in [5.41, 5.74) is 0.809. The van der Waals surface area contributed by atoms with Gasteiger partial charge < -0.3 is 14.8 Å². The number of hydrogen-bond acceptors (Lipinski definition) is 4.